The molecule has 10 nitrogen and oxygen atoms in total. The summed E-state index contributed by atoms with van der Waals surface area (Å²) < 4.78 is 76.0. The summed E-state index contributed by atoms with van der Waals surface area (Å²) in [5, 5.41) is 3.87. The Bertz CT molecular complexity index is 1390. The normalized spacial score (nSPS) is 16.5. The molecule has 38 heavy (non-hydrogen) atoms. The van der Waals surface area contributed by atoms with E-state index in [2.05, 4.69) is 10.1 Å². The van der Waals surface area contributed by atoms with Gasteiger partial charge < -0.3 is 14.2 Å². The average Bonchev–Trinajstić information content (AvgIpc) is 3.47. The number of aryl methyl sites for hydroxylation is 1. The predicted octanol–water partition coefficient (Wildman–Crippen LogP) is 3.64. The molecular weight excluding hydrogens is 527 g/mol. The molecule has 1 amide bonds. The Hall–Kier alpha value is -3.49. The standard InChI is InChI=1S/C24H26F3N5O5S/c1-16-28-22(29-37-16)17-7-9-19(10-8-17)32-15-20(36-23(32)33)14-30(2)11-12-31(3)38(34,35)21-6-4-5-18(13-21)24(25,26)27/h4-10,13,20H,11-12,14-15H2,1-3H3. The topological polar surface area (TPSA) is 109 Å². The summed E-state index contributed by atoms with van der Waals surface area (Å²) in [6, 6.07) is 10.7. The van der Waals surface area contributed by atoms with Gasteiger partial charge in [0.25, 0.3) is 0 Å². The van der Waals surface area contributed by atoms with Crippen molar-refractivity contribution in [2.45, 2.75) is 24.1 Å². The molecule has 14 heteroatoms. The van der Waals surface area contributed by atoms with Crippen molar-refractivity contribution >= 4 is 21.8 Å². The first-order chi connectivity index (χ1) is 17.8. The molecule has 3 aromatic rings. The third kappa shape index (κ3) is 6.14. The molecule has 4 rings (SSSR count). The second-order valence-corrected chi connectivity index (χ2v) is 11.0. The Morgan fingerprint density at radius 2 is 1.82 bits per heavy atom. The third-order valence-corrected chi connectivity index (χ3v) is 7.87. The summed E-state index contributed by atoms with van der Waals surface area (Å²) in [6.07, 6.45) is -5.61. The van der Waals surface area contributed by atoms with Crippen LogP contribution in [0.25, 0.3) is 11.4 Å². The van der Waals surface area contributed by atoms with E-state index >= 15 is 0 Å². The molecule has 1 saturated heterocycles. The maximum atomic E-state index is 13.0. The Labute approximate surface area is 217 Å². The van der Waals surface area contributed by atoms with Gasteiger partial charge >= 0.3 is 12.3 Å². The molecule has 1 fully saturated rings. The highest BCUT2D eigenvalue weighted by Gasteiger charge is 2.34. The zero-order valence-corrected chi connectivity index (χ0v) is 21.7. The van der Waals surface area contributed by atoms with Crippen LogP contribution in [0.5, 0.6) is 0 Å². The second kappa shape index (κ2) is 10.7. The number of nitrogens with zero attached hydrogens (tertiary/aromatic N) is 5. The van der Waals surface area contributed by atoms with E-state index in [1.165, 1.54) is 11.9 Å². The minimum absolute atomic E-state index is 0.0243. The van der Waals surface area contributed by atoms with Gasteiger partial charge in [-0.15, -0.1) is 0 Å². The smallest absolute Gasteiger partial charge is 0.416 e. The van der Waals surface area contributed by atoms with E-state index in [9.17, 15) is 26.4 Å². The van der Waals surface area contributed by atoms with E-state index in [0.29, 0.717) is 36.6 Å². The van der Waals surface area contributed by atoms with E-state index in [1.807, 2.05) is 0 Å². The van der Waals surface area contributed by atoms with Gasteiger partial charge in [0.1, 0.15) is 6.10 Å². The largest absolute Gasteiger partial charge is 0.443 e. The molecule has 204 valence electrons. The molecule has 0 N–H and O–H groups in total. The maximum Gasteiger partial charge on any atom is 0.416 e. The lowest BCUT2D eigenvalue weighted by Gasteiger charge is -2.23. The van der Waals surface area contributed by atoms with Gasteiger partial charge in [0.05, 0.1) is 17.0 Å². The predicted molar refractivity (Wildman–Crippen MR) is 131 cm³/mol. The van der Waals surface area contributed by atoms with Crippen LogP contribution in [0.15, 0.2) is 57.9 Å². The number of anilines is 1. The molecule has 0 spiro atoms. The number of rotatable bonds is 9. The lowest BCUT2D eigenvalue weighted by Crippen LogP contribution is -2.38. The van der Waals surface area contributed by atoms with Gasteiger partial charge in [0.2, 0.25) is 21.7 Å². The number of aromatic nitrogens is 2. The minimum atomic E-state index is -4.65. The molecule has 0 radical (unpaired) electrons. The van der Waals surface area contributed by atoms with Crippen molar-refractivity contribution in [1.29, 1.82) is 0 Å². The number of carbonyl (C=O) groups excluding carboxylic acids is 1. The molecule has 1 aliphatic heterocycles. The number of hydrogen-bond donors (Lipinski definition) is 0. The number of cyclic esters (lactones) is 1. The Balaban J connectivity index is 1.31. The highest BCUT2D eigenvalue weighted by Crippen LogP contribution is 2.31. The van der Waals surface area contributed by atoms with Crippen molar-refractivity contribution in [3.8, 4) is 11.4 Å². The van der Waals surface area contributed by atoms with Crippen LogP contribution in [0.3, 0.4) is 0 Å². The van der Waals surface area contributed by atoms with Crippen LogP contribution in [0.2, 0.25) is 0 Å². The molecule has 2 aromatic carbocycles. The van der Waals surface area contributed by atoms with Gasteiger partial charge in [-0.2, -0.15) is 22.5 Å². The van der Waals surface area contributed by atoms with Crippen LogP contribution in [0.4, 0.5) is 23.7 Å². The molecule has 1 atom stereocenters. The number of halogens is 3. The van der Waals surface area contributed by atoms with E-state index in [0.717, 1.165) is 28.1 Å². The number of carbonyl (C=O) groups is 1. The van der Waals surface area contributed by atoms with Crippen LogP contribution < -0.4 is 4.90 Å². The first-order valence-electron chi connectivity index (χ1n) is 11.6. The van der Waals surface area contributed by atoms with Crippen molar-refractivity contribution in [2.24, 2.45) is 0 Å². The van der Waals surface area contributed by atoms with Crippen LogP contribution in [-0.4, -0.2) is 80.2 Å². The summed E-state index contributed by atoms with van der Waals surface area (Å²) in [5.74, 6) is 0.885. The highest BCUT2D eigenvalue weighted by molar-refractivity contribution is 7.89. The number of likely N-dealkylation sites (N-methyl/N-ethyl adjacent to an activating group) is 2. The van der Waals surface area contributed by atoms with E-state index in [4.69, 9.17) is 9.26 Å². The Morgan fingerprint density at radius 3 is 2.45 bits per heavy atom. The highest BCUT2D eigenvalue weighted by atomic mass is 32.2. The minimum Gasteiger partial charge on any atom is -0.443 e. The van der Waals surface area contributed by atoms with Gasteiger partial charge in [0.15, 0.2) is 0 Å². The number of amides is 1. The molecule has 0 saturated carbocycles. The Kier molecular flexibility index (Phi) is 7.76. The molecule has 0 aliphatic carbocycles. The van der Waals surface area contributed by atoms with Crippen LogP contribution in [0, 0.1) is 6.92 Å². The first-order valence-corrected chi connectivity index (χ1v) is 13.0. The van der Waals surface area contributed by atoms with Crippen molar-refractivity contribution < 1.29 is 35.6 Å². The fourth-order valence-electron chi connectivity index (χ4n) is 3.92. The number of sulfonamides is 1. The maximum absolute atomic E-state index is 13.0. The Morgan fingerprint density at radius 1 is 1.11 bits per heavy atom. The molecule has 0 bridgehead atoms. The SMILES string of the molecule is Cc1nc(-c2ccc(N3CC(CN(C)CCN(C)S(=O)(=O)c4cccc(C(F)(F)F)c4)OC3=O)cc2)no1. The van der Waals surface area contributed by atoms with E-state index in [1.54, 1.807) is 43.1 Å². The van der Waals surface area contributed by atoms with Gasteiger partial charge in [-0.05, 0) is 49.5 Å². The van der Waals surface area contributed by atoms with E-state index < -0.39 is 38.9 Å². The van der Waals surface area contributed by atoms with Crippen LogP contribution in [0.1, 0.15) is 11.5 Å². The molecule has 1 aromatic heterocycles. The van der Waals surface area contributed by atoms with Crippen molar-refractivity contribution in [1.82, 2.24) is 19.3 Å². The third-order valence-electron chi connectivity index (χ3n) is 6.02. The number of benzene rings is 2. The van der Waals surface area contributed by atoms with Crippen LogP contribution >= 0.6 is 0 Å². The van der Waals surface area contributed by atoms with Gasteiger partial charge in [-0.3, -0.25) is 4.90 Å². The quantitative estimate of drug-likeness (QED) is 0.395. The number of hydrogen-bond acceptors (Lipinski definition) is 8. The summed E-state index contributed by atoms with van der Waals surface area (Å²) in [7, 11) is -1.08. The number of alkyl halides is 3. The van der Waals surface area contributed by atoms with E-state index in [-0.39, 0.29) is 13.1 Å². The molecule has 1 aliphatic rings. The number of ether oxygens (including phenoxy) is 1. The monoisotopic (exact) mass is 553 g/mol. The zero-order chi connectivity index (χ0) is 27.7. The molecular formula is C24H26F3N5O5S. The molecule has 2 heterocycles. The summed E-state index contributed by atoms with van der Waals surface area (Å²) in [4.78, 5) is 19.5. The fraction of sp³-hybridized carbons (Fsp3) is 0.375. The summed E-state index contributed by atoms with van der Waals surface area (Å²) in [5.41, 5.74) is 0.339. The van der Waals surface area contributed by atoms with Gasteiger partial charge in [0, 0.05) is 44.9 Å². The zero-order valence-electron chi connectivity index (χ0n) is 20.8. The second-order valence-electron chi connectivity index (χ2n) is 8.91. The lowest BCUT2D eigenvalue weighted by molar-refractivity contribution is -0.137. The molecule has 1 unspecified atom stereocenters. The van der Waals surface area contributed by atoms with Gasteiger partial charge in [-0.25, -0.2) is 13.2 Å². The van der Waals surface area contributed by atoms with Crippen molar-refractivity contribution in [3.05, 3.63) is 60.0 Å². The summed E-state index contributed by atoms with van der Waals surface area (Å²) >= 11 is 0. The van der Waals surface area contributed by atoms with Crippen LogP contribution in [-0.2, 0) is 20.9 Å². The average molecular weight is 554 g/mol. The van der Waals surface area contributed by atoms with Gasteiger partial charge in [-0.1, -0.05) is 11.2 Å². The van der Waals surface area contributed by atoms with Crippen molar-refractivity contribution in [3.63, 3.8) is 0 Å². The van der Waals surface area contributed by atoms with Crippen molar-refractivity contribution in [2.75, 3.05) is 45.2 Å². The summed E-state index contributed by atoms with van der Waals surface area (Å²) in [6.45, 7) is 2.61. The first kappa shape index (κ1) is 27.5. The lowest BCUT2D eigenvalue weighted by atomic mass is 10.2. The fourth-order valence-corrected chi connectivity index (χ4v) is 5.13.